The Morgan fingerprint density at radius 2 is 1.96 bits per heavy atom. The van der Waals surface area contributed by atoms with E-state index >= 15 is 0 Å². The Morgan fingerprint density at radius 3 is 2.80 bits per heavy atom. The largest absolute Gasteiger partial charge is 0.391 e. The van der Waals surface area contributed by atoms with Crippen molar-refractivity contribution < 1.29 is 9.63 Å². The third kappa shape index (κ3) is 3.52. The van der Waals surface area contributed by atoms with E-state index in [1.807, 2.05) is 54.6 Å². The van der Waals surface area contributed by atoms with Crippen LogP contribution in [0.15, 0.2) is 59.8 Å². The van der Waals surface area contributed by atoms with Crippen molar-refractivity contribution in [2.24, 2.45) is 5.16 Å². The van der Waals surface area contributed by atoms with Crippen molar-refractivity contribution in [3.05, 3.63) is 66.0 Å². The predicted octanol–water partition coefficient (Wildman–Crippen LogP) is 2.57. The number of imidazole rings is 1. The molecule has 0 radical (unpaired) electrons. The number of fused-ring (bicyclic) bond motifs is 1. The first-order chi connectivity index (χ1) is 12.3. The summed E-state index contributed by atoms with van der Waals surface area (Å²) < 4.78 is 0. The molecule has 2 heterocycles. The third-order valence-corrected chi connectivity index (χ3v) is 4.15. The molecule has 1 atom stereocenters. The first-order valence-electron chi connectivity index (χ1n) is 8.26. The third-order valence-electron chi connectivity index (χ3n) is 4.15. The average Bonchev–Trinajstić information content (AvgIpc) is 3.27. The smallest absolute Gasteiger partial charge is 0.269 e. The number of hydrogen-bond donors (Lipinski definition) is 2. The normalized spacial score (nSPS) is 16.5. The number of carbonyl (C=O) groups is 1. The highest BCUT2D eigenvalue weighted by Gasteiger charge is 2.27. The summed E-state index contributed by atoms with van der Waals surface area (Å²) in [7, 11) is 0. The molecular formula is C19H18N4O2. The molecule has 3 aromatic rings. The number of para-hydroxylation sites is 2. The number of rotatable bonds is 5. The molecule has 1 aliphatic rings. The van der Waals surface area contributed by atoms with Gasteiger partial charge in [0.15, 0.2) is 0 Å². The van der Waals surface area contributed by atoms with E-state index in [1.54, 1.807) is 0 Å². The minimum Gasteiger partial charge on any atom is -0.391 e. The second kappa shape index (κ2) is 6.76. The Labute approximate surface area is 144 Å². The number of carbonyl (C=O) groups excluding carboxylic acids is 1. The van der Waals surface area contributed by atoms with E-state index < -0.39 is 0 Å². The van der Waals surface area contributed by atoms with Crippen LogP contribution in [0.3, 0.4) is 0 Å². The quantitative estimate of drug-likeness (QED) is 0.752. The van der Waals surface area contributed by atoms with Crippen molar-refractivity contribution in [3.63, 3.8) is 0 Å². The van der Waals surface area contributed by atoms with Crippen molar-refractivity contribution >= 4 is 22.7 Å². The van der Waals surface area contributed by atoms with E-state index in [0.717, 1.165) is 22.4 Å². The van der Waals surface area contributed by atoms with Crippen LogP contribution in [0, 0.1) is 0 Å². The maximum absolute atomic E-state index is 12.2. The van der Waals surface area contributed by atoms with Crippen LogP contribution in [0.4, 0.5) is 0 Å². The van der Waals surface area contributed by atoms with Gasteiger partial charge in [0.25, 0.3) is 5.91 Å². The first-order valence-corrected chi connectivity index (χ1v) is 8.26. The monoisotopic (exact) mass is 334 g/mol. The molecule has 2 N–H and O–H groups in total. The summed E-state index contributed by atoms with van der Waals surface area (Å²) >= 11 is 0. The summed E-state index contributed by atoms with van der Waals surface area (Å²) in [6.45, 7) is 0.479. The minimum atomic E-state index is -0.184. The number of aromatic amines is 1. The van der Waals surface area contributed by atoms with E-state index in [-0.39, 0.29) is 12.0 Å². The standard InChI is InChI=1S/C19H18N4O2/c24-19(20-12-13-6-2-1-3-7-13)17-10-14(25-23-17)11-18-21-15-8-4-5-9-16(15)22-18/h1-9,14H,10-12H2,(H,20,24)(H,21,22). The van der Waals surface area contributed by atoms with E-state index in [9.17, 15) is 4.79 Å². The second-order valence-electron chi connectivity index (χ2n) is 6.04. The molecule has 1 amide bonds. The van der Waals surface area contributed by atoms with Gasteiger partial charge in [0, 0.05) is 19.4 Å². The van der Waals surface area contributed by atoms with E-state index in [1.165, 1.54) is 0 Å². The van der Waals surface area contributed by atoms with Crippen molar-refractivity contribution in [2.45, 2.75) is 25.5 Å². The van der Waals surface area contributed by atoms with Crippen LogP contribution in [0.5, 0.6) is 0 Å². The number of H-pyrrole nitrogens is 1. The van der Waals surface area contributed by atoms with Crippen LogP contribution < -0.4 is 5.32 Å². The number of oxime groups is 1. The Bertz CT molecular complexity index is 884. The van der Waals surface area contributed by atoms with Gasteiger partial charge in [-0.3, -0.25) is 4.79 Å². The number of hydrogen-bond acceptors (Lipinski definition) is 4. The fourth-order valence-electron chi connectivity index (χ4n) is 2.87. The second-order valence-corrected chi connectivity index (χ2v) is 6.04. The summed E-state index contributed by atoms with van der Waals surface area (Å²) in [4.78, 5) is 25.4. The Hall–Kier alpha value is -3.15. The highest BCUT2D eigenvalue weighted by atomic mass is 16.6. The molecule has 1 aromatic heterocycles. The molecule has 0 spiro atoms. The van der Waals surface area contributed by atoms with E-state index in [2.05, 4.69) is 20.4 Å². The highest BCUT2D eigenvalue weighted by Crippen LogP contribution is 2.17. The van der Waals surface area contributed by atoms with Crippen LogP contribution in [0.2, 0.25) is 0 Å². The molecular weight excluding hydrogens is 316 g/mol. The maximum Gasteiger partial charge on any atom is 0.269 e. The summed E-state index contributed by atoms with van der Waals surface area (Å²) in [5.41, 5.74) is 3.40. The molecule has 2 aromatic carbocycles. The van der Waals surface area contributed by atoms with Gasteiger partial charge < -0.3 is 15.1 Å². The molecule has 126 valence electrons. The molecule has 0 saturated heterocycles. The average molecular weight is 334 g/mol. The predicted molar refractivity (Wildman–Crippen MR) is 95.0 cm³/mol. The van der Waals surface area contributed by atoms with Crippen LogP contribution in [0.25, 0.3) is 11.0 Å². The number of nitrogens with zero attached hydrogens (tertiary/aromatic N) is 2. The minimum absolute atomic E-state index is 0.168. The summed E-state index contributed by atoms with van der Waals surface area (Å²) in [5, 5.41) is 6.82. The lowest BCUT2D eigenvalue weighted by atomic mass is 10.1. The zero-order chi connectivity index (χ0) is 17.1. The molecule has 0 fully saturated rings. The molecule has 4 rings (SSSR count). The molecule has 1 unspecified atom stereocenters. The van der Waals surface area contributed by atoms with Gasteiger partial charge in [0.1, 0.15) is 17.6 Å². The number of benzene rings is 2. The Kier molecular flexibility index (Phi) is 4.16. The summed E-state index contributed by atoms with van der Waals surface area (Å²) in [5.74, 6) is 0.656. The van der Waals surface area contributed by atoms with Gasteiger partial charge in [-0.25, -0.2) is 4.98 Å². The topological polar surface area (TPSA) is 79.4 Å². The zero-order valence-electron chi connectivity index (χ0n) is 13.6. The molecule has 0 saturated carbocycles. The fraction of sp³-hybridized carbons (Fsp3) is 0.211. The summed E-state index contributed by atoms with van der Waals surface area (Å²) in [6.07, 6.45) is 0.906. The number of amides is 1. The van der Waals surface area contributed by atoms with Crippen molar-refractivity contribution in [1.29, 1.82) is 0 Å². The van der Waals surface area contributed by atoms with Gasteiger partial charge in [-0.1, -0.05) is 47.6 Å². The Morgan fingerprint density at radius 1 is 1.16 bits per heavy atom. The van der Waals surface area contributed by atoms with Gasteiger partial charge in [-0.05, 0) is 17.7 Å². The first kappa shape index (κ1) is 15.4. The van der Waals surface area contributed by atoms with Crippen LogP contribution in [0.1, 0.15) is 17.8 Å². The van der Waals surface area contributed by atoms with Gasteiger partial charge in [0.05, 0.1) is 11.0 Å². The maximum atomic E-state index is 12.2. The van der Waals surface area contributed by atoms with Crippen LogP contribution >= 0.6 is 0 Å². The SMILES string of the molecule is O=C(NCc1ccccc1)C1=NOC(Cc2nc3ccccc3[nH]2)C1. The van der Waals surface area contributed by atoms with Crippen molar-refractivity contribution in [3.8, 4) is 0 Å². The van der Waals surface area contributed by atoms with Gasteiger partial charge >= 0.3 is 0 Å². The molecule has 6 heteroatoms. The molecule has 25 heavy (non-hydrogen) atoms. The van der Waals surface area contributed by atoms with Gasteiger partial charge in [-0.2, -0.15) is 0 Å². The molecule has 1 aliphatic heterocycles. The molecule has 0 bridgehead atoms. The Balaban J connectivity index is 1.32. The lowest BCUT2D eigenvalue weighted by Crippen LogP contribution is -2.30. The van der Waals surface area contributed by atoms with Crippen molar-refractivity contribution in [2.75, 3.05) is 0 Å². The van der Waals surface area contributed by atoms with Crippen molar-refractivity contribution in [1.82, 2.24) is 15.3 Å². The van der Waals surface area contributed by atoms with Gasteiger partial charge in [-0.15, -0.1) is 0 Å². The van der Waals surface area contributed by atoms with Crippen LogP contribution in [-0.2, 0) is 22.6 Å². The van der Waals surface area contributed by atoms with Crippen LogP contribution in [-0.4, -0.2) is 27.7 Å². The zero-order valence-corrected chi connectivity index (χ0v) is 13.6. The van der Waals surface area contributed by atoms with E-state index in [4.69, 9.17) is 4.84 Å². The lowest BCUT2D eigenvalue weighted by Gasteiger charge is -2.06. The molecule has 6 nitrogen and oxygen atoms in total. The lowest BCUT2D eigenvalue weighted by molar-refractivity contribution is -0.115. The number of aromatic nitrogens is 2. The van der Waals surface area contributed by atoms with Gasteiger partial charge in [0.2, 0.25) is 0 Å². The summed E-state index contributed by atoms with van der Waals surface area (Å²) in [6, 6.07) is 17.6. The highest BCUT2D eigenvalue weighted by molar-refractivity contribution is 6.39. The number of nitrogens with one attached hydrogen (secondary N) is 2. The molecule has 0 aliphatic carbocycles. The fourth-order valence-corrected chi connectivity index (χ4v) is 2.87. The van der Waals surface area contributed by atoms with E-state index in [0.29, 0.717) is 25.1 Å².